The van der Waals surface area contributed by atoms with Crippen molar-refractivity contribution >= 4 is 22.8 Å². The molecule has 0 heterocycles. The molecule has 70 valence electrons. The van der Waals surface area contributed by atoms with E-state index in [1.54, 1.807) is 6.92 Å². The van der Waals surface area contributed by atoms with Crippen LogP contribution in [0.3, 0.4) is 0 Å². The molecule has 0 rings (SSSR count). The largest absolute Gasteiger partial charge is 0.356 e. The average molecular weight is 189 g/mol. The van der Waals surface area contributed by atoms with Crippen molar-refractivity contribution in [3.63, 3.8) is 0 Å². The highest BCUT2D eigenvalue weighted by Crippen LogP contribution is 2.01. The summed E-state index contributed by atoms with van der Waals surface area (Å²) in [4.78, 5) is 21.2. The minimum Gasteiger partial charge on any atom is -0.356 e. The van der Waals surface area contributed by atoms with Gasteiger partial charge in [-0.15, -0.1) is 0 Å². The first-order chi connectivity index (χ1) is 5.66. The lowest BCUT2D eigenvalue weighted by Gasteiger charge is -2.01. The van der Waals surface area contributed by atoms with Crippen LogP contribution in [0.2, 0.25) is 0 Å². The molecule has 0 aromatic heterocycles. The van der Waals surface area contributed by atoms with Crippen molar-refractivity contribution in [2.24, 2.45) is 0 Å². The molecule has 0 aromatic rings. The van der Waals surface area contributed by atoms with E-state index >= 15 is 0 Å². The fourth-order valence-corrected chi connectivity index (χ4v) is 1.22. The van der Waals surface area contributed by atoms with Crippen LogP contribution in [0.15, 0.2) is 0 Å². The fourth-order valence-electron chi connectivity index (χ4n) is 0.641. The molecule has 4 heteroatoms. The molecule has 0 saturated heterocycles. The van der Waals surface area contributed by atoms with Crippen LogP contribution in [-0.2, 0) is 9.59 Å². The number of carbonyl (C=O) groups is 2. The first-order valence-electron chi connectivity index (χ1n) is 4.07. The molecule has 1 amide bonds. The molecule has 0 bridgehead atoms. The number of amides is 1. The normalized spacial score (nSPS) is 9.50. The van der Waals surface area contributed by atoms with Crippen molar-refractivity contribution in [2.75, 3.05) is 12.3 Å². The maximum atomic E-state index is 10.7. The summed E-state index contributed by atoms with van der Waals surface area (Å²) in [6.07, 6.45) is 1.38. The summed E-state index contributed by atoms with van der Waals surface area (Å²) < 4.78 is 0. The SMILES string of the molecule is CCC(=O)NCCCSC(C)=O. The van der Waals surface area contributed by atoms with Gasteiger partial charge < -0.3 is 5.32 Å². The van der Waals surface area contributed by atoms with E-state index in [4.69, 9.17) is 0 Å². The van der Waals surface area contributed by atoms with Crippen LogP contribution in [0.5, 0.6) is 0 Å². The van der Waals surface area contributed by atoms with Gasteiger partial charge in [0, 0.05) is 25.6 Å². The lowest BCUT2D eigenvalue weighted by atomic mass is 10.4. The van der Waals surface area contributed by atoms with E-state index in [0.29, 0.717) is 13.0 Å². The molecule has 0 aromatic carbocycles. The quantitative estimate of drug-likeness (QED) is 0.661. The molecule has 0 spiro atoms. The second-order valence-electron chi connectivity index (χ2n) is 2.40. The van der Waals surface area contributed by atoms with Gasteiger partial charge in [0.05, 0.1) is 0 Å². The first kappa shape index (κ1) is 11.5. The minimum absolute atomic E-state index is 0.0721. The minimum atomic E-state index is 0.0721. The summed E-state index contributed by atoms with van der Waals surface area (Å²) in [7, 11) is 0. The van der Waals surface area contributed by atoms with Gasteiger partial charge in [0.2, 0.25) is 5.91 Å². The van der Waals surface area contributed by atoms with Crippen LogP contribution in [-0.4, -0.2) is 23.3 Å². The summed E-state index contributed by atoms with van der Waals surface area (Å²) in [5.41, 5.74) is 0. The summed E-state index contributed by atoms with van der Waals surface area (Å²) in [6, 6.07) is 0. The van der Waals surface area contributed by atoms with Crippen LogP contribution >= 0.6 is 11.8 Å². The Kier molecular flexibility index (Phi) is 6.85. The monoisotopic (exact) mass is 189 g/mol. The highest BCUT2D eigenvalue weighted by Gasteiger charge is 1.96. The summed E-state index contributed by atoms with van der Waals surface area (Å²) in [6.45, 7) is 4.04. The predicted molar refractivity (Wildman–Crippen MR) is 51.1 cm³/mol. The van der Waals surface area contributed by atoms with E-state index in [1.165, 1.54) is 11.8 Å². The Morgan fingerprint density at radius 1 is 1.42 bits per heavy atom. The second kappa shape index (κ2) is 7.16. The third kappa shape index (κ3) is 7.60. The van der Waals surface area contributed by atoms with E-state index in [1.807, 2.05) is 6.92 Å². The van der Waals surface area contributed by atoms with Crippen LogP contribution in [0.1, 0.15) is 26.7 Å². The average Bonchev–Trinajstić information content (AvgIpc) is 2.03. The van der Waals surface area contributed by atoms with Crippen molar-refractivity contribution in [3.05, 3.63) is 0 Å². The fraction of sp³-hybridized carbons (Fsp3) is 0.750. The van der Waals surface area contributed by atoms with Gasteiger partial charge in [0.25, 0.3) is 0 Å². The van der Waals surface area contributed by atoms with Crippen LogP contribution < -0.4 is 5.32 Å². The lowest BCUT2D eigenvalue weighted by Crippen LogP contribution is -2.23. The van der Waals surface area contributed by atoms with Gasteiger partial charge in [-0.1, -0.05) is 18.7 Å². The van der Waals surface area contributed by atoms with E-state index in [2.05, 4.69) is 5.32 Å². The van der Waals surface area contributed by atoms with Crippen molar-refractivity contribution < 1.29 is 9.59 Å². The van der Waals surface area contributed by atoms with E-state index in [0.717, 1.165) is 12.2 Å². The Morgan fingerprint density at radius 2 is 2.08 bits per heavy atom. The number of hydrogen-bond acceptors (Lipinski definition) is 3. The molecule has 0 atom stereocenters. The number of nitrogens with one attached hydrogen (secondary N) is 1. The van der Waals surface area contributed by atoms with Crippen LogP contribution in [0, 0.1) is 0 Å². The second-order valence-corrected chi connectivity index (χ2v) is 3.67. The molecule has 1 N–H and O–H groups in total. The summed E-state index contributed by atoms with van der Waals surface area (Å²) in [5.74, 6) is 0.863. The highest BCUT2D eigenvalue weighted by molar-refractivity contribution is 8.13. The van der Waals surface area contributed by atoms with E-state index in [9.17, 15) is 9.59 Å². The topological polar surface area (TPSA) is 46.2 Å². The molecular weight excluding hydrogens is 174 g/mol. The maximum Gasteiger partial charge on any atom is 0.219 e. The molecule has 0 aliphatic carbocycles. The van der Waals surface area contributed by atoms with Gasteiger partial charge in [0.1, 0.15) is 0 Å². The number of rotatable bonds is 5. The molecule has 3 nitrogen and oxygen atoms in total. The molecule has 0 radical (unpaired) electrons. The molecule has 12 heavy (non-hydrogen) atoms. The summed E-state index contributed by atoms with van der Waals surface area (Å²) in [5, 5.41) is 2.88. The molecule has 0 fully saturated rings. The number of thioether (sulfide) groups is 1. The third-order valence-corrected chi connectivity index (χ3v) is 2.17. The molecule has 0 aliphatic rings. The van der Waals surface area contributed by atoms with Crippen molar-refractivity contribution in [1.29, 1.82) is 0 Å². The Labute approximate surface area is 77.3 Å². The number of carbonyl (C=O) groups excluding carboxylic acids is 2. The van der Waals surface area contributed by atoms with Crippen molar-refractivity contribution in [3.8, 4) is 0 Å². The molecule has 0 aliphatic heterocycles. The Bertz CT molecular complexity index is 159. The smallest absolute Gasteiger partial charge is 0.219 e. The standard InChI is InChI=1S/C8H15NO2S/c1-3-8(11)9-5-4-6-12-7(2)10/h3-6H2,1-2H3,(H,9,11). The zero-order valence-corrected chi connectivity index (χ0v) is 8.37. The molecule has 0 saturated carbocycles. The predicted octanol–water partition coefficient (Wildman–Crippen LogP) is 1.18. The van der Waals surface area contributed by atoms with Crippen LogP contribution in [0.4, 0.5) is 0 Å². The van der Waals surface area contributed by atoms with E-state index in [-0.39, 0.29) is 11.0 Å². The first-order valence-corrected chi connectivity index (χ1v) is 5.05. The molecular formula is C8H15NO2S. The maximum absolute atomic E-state index is 10.7. The summed E-state index contributed by atoms with van der Waals surface area (Å²) >= 11 is 1.30. The Balaban J connectivity index is 3.11. The zero-order chi connectivity index (χ0) is 9.40. The Hall–Kier alpha value is -0.510. The van der Waals surface area contributed by atoms with Gasteiger partial charge in [-0.25, -0.2) is 0 Å². The van der Waals surface area contributed by atoms with Gasteiger partial charge in [-0.05, 0) is 6.42 Å². The van der Waals surface area contributed by atoms with Gasteiger partial charge in [-0.3, -0.25) is 9.59 Å². The van der Waals surface area contributed by atoms with Crippen LogP contribution in [0.25, 0.3) is 0 Å². The zero-order valence-electron chi connectivity index (χ0n) is 7.55. The van der Waals surface area contributed by atoms with Gasteiger partial charge in [-0.2, -0.15) is 0 Å². The Morgan fingerprint density at radius 3 is 2.58 bits per heavy atom. The highest BCUT2D eigenvalue weighted by atomic mass is 32.2. The van der Waals surface area contributed by atoms with Crippen molar-refractivity contribution in [2.45, 2.75) is 26.7 Å². The van der Waals surface area contributed by atoms with Gasteiger partial charge in [0.15, 0.2) is 5.12 Å². The van der Waals surface area contributed by atoms with E-state index < -0.39 is 0 Å². The number of hydrogen-bond donors (Lipinski definition) is 1. The lowest BCUT2D eigenvalue weighted by molar-refractivity contribution is -0.120. The third-order valence-electron chi connectivity index (χ3n) is 1.27. The van der Waals surface area contributed by atoms with Gasteiger partial charge >= 0.3 is 0 Å². The van der Waals surface area contributed by atoms with Crippen molar-refractivity contribution in [1.82, 2.24) is 5.32 Å². The molecule has 0 unspecified atom stereocenters.